The number of fused-ring (bicyclic) bond motifs is 1. The van der Waals surface area contributed by atoms with Crippen molar-refractivity contribution in [1.82, 2.24) is 14.4 Å². The fourth-order valence-corrected chi connectivity index (χ4v) is 4.99. The van der Waals surface area contributed by atoms with E-state index in [9.17, 15) is 14.4 Å². The smallest absolute Gasteiger partial charge is 0.293 e. The number of amides is 3. The van der Waals surface area contributed by atoms with E-state index in [1.54, 1.807) is 11.0 Å². The molecule has 0 saturated carbocycles. The first-order valence-electron chi connectivity index (χ1n) is 10.8. The Morgan fingerprint density at radius 2 is 1.76 bits per heavy atom. The van der Waals surface area contributed by atoms with Crippen LogP contribution in [0.15, 0.2) is 64.1 Å². The van der Waals surface area contributed by atoms with Gasteiger partial charge in [-0.1, -0.05) is 46.3 Å². The molecule has 2 heterocycles. The van der Waals surface area contributed by atoms with Crippen LogP contribution in [-0.4, -0.2) is 44.5 Å². The zero-order chi connectivity index (χ0) is 23.5. The van der Waals surface area contributed by atoms with Gasteiger partial charge in [-0.15, -0.1) is 0 Å². The largest absolute Gasteiger partial charge is 0.342 e. The van der Waals surface area contributed by atoms with Gasteiger partial charge in [-0.05, 0) is 55.4 Å². The van der Waals surface area contributed by atoms with Gasteiger partial charge in [0.05, 0.1) is 11.4 Å². The first kappa shape index (κ1) is 23.3. The quantitative estimate of drug-likeness (QED) is 0.381. The monoisotopic (exact) mass is 525 g/mol. The first-order chi connectivity index (χ1) is 15.9. The fraction of sp³-hybridized carbons (Fsp3) is 0.240. The van der Waals surface area contributed by atoms with Crippen LogP contribution in [0.3, 0.4) is 0 Å². The van der Waals surface area contributed by atoms with E-state index in [-0.39, 0.29) is 30.1 Å². The van der Waals surface area contributed by atoms with E-state index in [2.05, 4.69) is 15.9 Å². The first-order valence-corrected chi connectivity index (χ1v) is 12.4. The lowest BCUT2D eigenvalue weighted by molar-refractivity contribution is -0.131. The van der Waals surface area contributed by atoms with Crippen LogP contribution in [-0.2, 0) is 22.7 Å². The maximum Gasteiger partial charge on any atom is 0.293 e. The minimum atomic E-state index is -0.302. The third-order valence-corrected chi connectivity index (χ3v) is 7.09. The van der Waals surface area contributed by atoms with Gasteiger partial charge in [0.25, 0.3) is 11.1 Å². The summed E-state index contributed by atoms with van der Waals surface area (Å²) in [6.07, 6.45) is 3.64. The Morgan fingerprint density at radius 3 is 2.45 bits per heavy atom. The molecule has 0 bridgehead atoms. The van der Waals surface area contributed by atoms with E-state index in [1.165, 1.54) is 4.90 Å². The highest BCUT2D eigenvalue weighted by Crippen LogP contribution is 2.35. The predicted octanol–water partition coefficient (Wildman–Crippen LogP) is 5.51. The number of hydrogen-bond acceptors (Lipinski definition) is 4. The topological polar surface area (TPSA) is 62.6 Å². The van der Waals surface area contributed by atoms with Crippen LogP contribution >= 0.6 is 27.7 Å². The maximum absolute atomic E-state index is 13.0. The molecule has 0 spiro atoms. The highest BCUT2D eigenvalue weighted by molar-refractivity contribution is 9.10. The number of aromatic nitrogens is 1. The van der Waals surface area contributed by atoms with Crippen LogP contribution in [0.1, 0.15) is 25.0 Å². The number of nitrogens with zero attached hydrogens (tertiary/aromatic N) is 3. The molecule has 3 amide bonds. The van der Waals surface area contributed by atoms with Crippen LogP contribution in [0.4, 0.5) is 4.79 Å². The van der Waals surface area contributed by atoms with Gasteiger partial charge >= 0.3 is 0 Å². The third-order valence-electron chi connectivity index (χ3n) is 5.66. The molecule has 2 aromatic carbocycles. The van der Waals surface area contributed by atoms with Crippen molar-refractivity contribution in [2.75, 3.05) is 13.1 Å². The standard InChI is InChI=1S/C25H24BrN3O3S/c1-3-27(4-2)23(30)16-28-15-18(20-7-5-6-8-21(20)28)13-22-24(31)29(25(32)33-22)14-17-9-11-19(26)12-10-17/h5-13,15H,3-4,14,16H2,1-2H3/b22-13-. The SMILES string of the molecule is CCN(CC)C(=O)Cn1cc(/C=C2\SC(=O)N(Cc3ccc(Br)cc3)C2=O)c2ccccc21. The summed E-state index contributed by atoms with van der Waals surface area (Å²) < 4.78 is 2.85. The number of thioether (sulfide) groups is 1. The second-order valence-electron chi connectivity index (χ2n) is 7.69. The number of para-hydroxylation sites is 1. The van der Waals surface area contributed by atoms with Crippen molar-refractivity contribution in [3.8, 4) is 0 Å². The van der Waals surface area contributed by atoms with Crippen LogP contribution in [0.2, 0.25) is 0 Å². The van der Waals surface area contributed by atoms with Gasteiger partial charge in [0.15, 0.2) is 0 Å². The average Bonchev–Trinajstić information content (AvgIpc) is 3.28. The molecule has 170 valence electrons. The summed E-state index contributed by atoms with van der Waals surface area (Å²) in [6.45, 7) is 5.70. The highest BCUT2D eigenvalue weighted by atomic mass is 79.9. The summed E-state index contributed by atoms with van der Waals surface area (Å²) in [6, 6.07) is 15.3. The van der Waals surface area contributed by atoms with Gasteiger partial charge in [-0.25, -0.2) is 0 Å². The Balaban J connectivity index is 1.62. The summed E-state index contributed by atoms with van der Waals surface area (Å²) in [5.74, 6) is -0.258. The van der Waals surface area contributed by atoms with Crippen molar-refractivity contribution >= 4 is 61.7 Å². The Morgan fingerprint density at radius 1 is 1.06 bits per heavy atom. The molecule has 6 nitrogen and oxygen atoms in total. The molecule has 8 heteroatoms. The number of imide groups is 1. The van der Waals surface area contributed by atoms with E-state index in [1.807, 2.05) is 73.1 Å². The summed E-state index contributed by atoms with van der Waals surface area (Å²) >= 11 is 4.34. The summed E-state index contributed by atoms with van der Waals surface area (Å²) in [5.41, 5.74) is 2.61. The minimum Gasteiger partial charge on any atom is -0.342 e. The van der Waals surface area contributed by atoms with Crippen LogP contribution < -0.4 is 0 Å². The van der Waals surface area contributed by atoms with Gasteiger partial charge in [0, 0.05) is 40.2 Å². The lowest BCUT2D eigenvalue weighted by Crippen LogP contribution is -2.33. The van der Waals surface area contributed by atoms with Crippen molar-refractivity contribution in [2.45, 2.75) is 26.9 Å². The Hall–Kier alpha value is -2.84. The van der Waals surface area contributed by atoms with Gasteiger partial charge in [-0.2, -0.15) is 0 Å². The van der Waals surface area contributed by atoms with E-state index >= 15 is 0 Å². The number of hydrogen-bond donors (Lipinski definition) is 0. The normalized spacial score (nSPS) is 15.1. The predicted molar refractivity (Wildman–Crippen MR) is 136 cm³/mol. The van der Waals surface area contributed by atoms with E-state index < -0.39 is 0 Å². The lowest BCUT2D eigenvalue weighted by atomic mass is 10.1. The average molecular weight is 526 g/mol. The molecule has 1 aromatic heterocycles. The number of benzene rings is 2. The van der Waals surface area contributed by atoms with E-state index in [0.717, 1.165) is 38.3 Å². The van der Waals surface area contributed by atoms with Crippen molar-refractivity contribution in [3.63, 3.8) is 0 Å². The number of rotatable bonds is 7. The Labute approximate surface area is 205 Å². The molecule has 1 fully saturated rings. The summed E-state index contributed by atoms with van der Waals surface area (Å²) in [4.78, 5) is 41.7. The summed E-state index contributed by atoms with van der Waals surface area (Å²) in [7, 11) is 0. The van der Waals surface area contributed by atoms with E-state index in [0.29, 0.717) is 18.0 Å². The molecule has 0 N–H and O–H groups in total. The van der Waals surface area contributed by atoms with Crippen molar-refractivity contribution in [3.05, 3.63) is 75.2 Å². The molecule has 0 unspecified atom stereocenters. The van der Waals surface area contributed by atoms with Crippen molar-refractivity contribution in [2.24, 2.45) is 0 Å². The molecule has 3 aromatic rings. The highest BCUT2D eigenvalue weighted by Gasteiger charge is 2.35. The van der Waals surface area contributed by atoms with Gasteiger partial charge < -0.3 is 9.47 Å². The van der Waals surface area contributed by atoms with Gasteiger partial charge in [0.2, 0.25) is 5.91 Å². The van der Waals surface area contributed by atoms with E-state index in [4.69, 9.17) is 0 Å². The molecule has 1 aliphatic heterocycles. The van der Waals surface area contributed by atoms with Crippen molar-refractivity contribution < 1.29 is 14.4 Å². The zero-order valence-electron chi connectivity index (χ0n) is 18.5. The molecule has 0 atom stereocenters. The second kappa shape index (κ2) is 9.97. The van der Waals surface area contributed by atoms with Gasteiger partial charge in [-0.3, -0.25) is 19.3 Å². The fourth-order valence-electron chi connectivity index (χ4n) is 3.89. The van der Waals surface area contributed by atoms with Crippen LogP contribution in [0, 0.1) is 0 Å². The maximum atomic E-state index is 13.0. The Kier molecular flexibility index (Phi) is 7.05. The number of likely N-dealkylation sites (N-methyl/N-ethyl adjacent to an activating group) is 1. The molecule has 4 rings (SSSR count). The van der Waals surface area contributed by atoms with Crippen LogP contribution in [0.25, 0.3) is 17.0 Å². The number of carbonyl (C=O) groups is 3. The lowest BCUT2D eigenvalue weighted by Gasteiger charge is -2.19. The molecular weight excluding hydrogens is 502 g/mol. The molecular formula is C25H24BrN3O3S. The minimum absolute atomic E-state index is 0.0436. The molecule has 1 aliphatic rings. The Bertz CT molecular complexity index is 1250. The van der Waals surface area contributed by atoms with Crippen LogP contribution in [0.5, 0.6) is 0 Å². The zero-order valence-corrected chi connectivity index (χ0v) is 20.9. The summed E-state index contributed by atoms with van der Waals surface area (Å²) in [5, 5.41) is 0.652. The molecule has 1 saturated heterocycles. The third kappa shape index (κ3) is 4.91. The number of halogens is 1. The molecule has 0 aliphatic carbocycles. The second-order valence-corrected chi connectivity index (χ2v) is 9.60. The van der Waals surface area contributed by atoms with Crippen molar-refractivity contribution in [1.29, 1.82) is 0 Å². The molecule has 0 radical (unpaired) electrons. The van der Waals surface area contributed by atoms with Gasteiger partial charge in [0.1, 0.15) is 6.54 Å². The number of carbonyl (C=O) groups excluding carboxylic acids is 3. The molecule has 33 heavy (non-hydrogen) atoms.